The Hall–Kier alpha value is -2.30. The lowest BCUT2D eigenvalue weighted by molar-refractivity contribution is -0.136. The molecule has 4 rings (SSSR count). The van der Waals surface area contributed by atoms with E-state index in [4.69, 9.17) is 4.74 Å². The highest BCUT2D eigenvalue weighted by atomic mass is 16.5. The smallest absolute Gasteiger partial charge is 0.337 e. The maximum atomic E-state index is 12.3. The van der Waals surface area contributed by atoms with E-state index in [1.807, 2.05) is 6.92 Å². The Labute approximate surface area is 135 Å². The molecular weight excluding hydrogens is 290 g/mol. The third-order valence-electron chi connectivity index (χ3n) is 5.25. The molecule has 1 aliphatic carbocycles. The molecule has 1 aromatic rings. The van der Waals surface area contributed by atoms with Crippen molar-refractivity contribution < 1.29 is 9.53 Å². The summed E-state index contributed by atoms with van der Waals surface area (Å²) in [6.07, 6.45) is 5.37. The molecule has 5 heteroatoms. The van der Waals surface area contributed by atoms with Gasteiger partial charge in [-0.3, -0.25) is 5.10 Å². The Kier molecular flexibility index (Phi) is 3.18. The molecule has 0 amide bonds. The van der Waals surface area contributed by atoms with Gasteiger partial charge in [-0.05, 0) is 39.0 Å². The predicted octanol–water partition coefficient (Wildman–Crippen LogP) is 3.34. The van der Waals surface area contributed by atoms with Crippen molar-refractivity contribution in [2.75, 3.05) is 11.9 Å². The average Bonchev–Trinajstić information content (AvgIpc) is 3.10. The second-order valence-corrected chi connectivity index (χ2v) is 6.73. The Morgan fingerprint density at radius 1 is 1.48 bits per heavy atom. The summed E-state index contributed by atoms with van der Waals surface area (Å²) in [7, 11) is 0. The number of allylic oxidation sites excluding steroid dienone is 3. The molecule has 0 fully saturated rings. The summed E-state index contributed by atoms with van der Waals surface area (Å²) < 4.78 is 5.27. The van der Waals surface area contributed by atoms with E-state index in [2.05, 4.69) is 35.1 Å². The molecule has 3 aliphatic rings. The number of carbonyl (C=O) groups excluding carboxylic acids is 1. The van der Waals surface area contributed by atoms with Gasteiger partial charge in [0, 0.05) is 17.2 Å². The minimum Gasteiger partial charge on any atom is -0.456 e. The summed E-state index contributed by atoms with van der Waals surface area (Å²) in [6.45, 7) is 8.51. The number of carbonyl (C=O) groups is 1. The zero-order valence-corrected chi connectivity index (χ0v) is 13.5. The summed E-state index contributed by atoms with van der Waals surface area (Å²) in [5, 5.41) is 10.7. The van der Waals surface area contributed by atoms with Gasteiger partial charge in [0.05, 0.1) is 11.3 Å². The summed E-state index contributed by atoms with van der Waals surface area (Å²) >= 11 is 0. The van der Waals surface area contributed by atoms with E-state index >= 15 is 0 Å². The summed E-state index contributed by atoms with van der Waals surface area (Å²) in [5.74, 6) is 1.15. The normalized spacial score (nSPS) is 26.2. The van der Waals surface area contributed by atoms with Crippen molar-refractivity contribution in [3.05, 3.63) is 46.3 Å². The van der Waals surface area contributed by atoms with Crippen LogP contribution in [0, 0.1) is 12.8 Å². The van der Waals surface area contributed by atoms with Crippen molar-refractivity contribution >= 4 is 11.8 Å². The number of nitrogens with one attached hydrogen (secondary N) is 2. The van der Waals surface area contributed by atoms with E-state index < -0.39 is 0 Å². The fourth-order valence-electron chi connectivity index (χ4n) is 3.92. The molecule has 23 heavy (non-hydrogen) atoms. The summed E-state index contributed by atoms with van der Waals surface area (Å²) in [5.41, 5.74) is 6.27. The van der Waals surface area contributed by atoms with E-state index in [0.29, 0.717) is 12.5 Å². The quantitative estimate of drug-likeness (QED) is 0.649. The first-order chi connectivity index (χ1) is 11.1. The number of aromatic amines is 1. The molecule has 120 valence electrons. The number of cyclic esters (lactones) is 1. The first-order valence-electron chi connectivity index (χ1n) is 8.12. The number of nitrogens with zero attached hydrogens (tertiary/aromatic N) is 1. The predicted molar refractivity (Wildman–Crippen MR) is 87.9 cm³/mol. The minimum absolute atomic E-state index is 0.0268. The zero-order valence-electron chi connectivity index (χ0n) is 13.5. The van der Waals surface area contributed by atoms with Crippen LogP contribution in [0.3, 0.4) is 0 Å². The third kappa shape index (κ3) is 2.14. The highest BCUT2D eigenvalue weighted by Gasteiger charge is 2.41. The number of H-pyrrole nitrogens is 1. The molecule has 2 aliphatic heterocycles. The van der Waals surface area contributed by atoms with E-state index in [1.165, 1.54) is 11.1 Å². The van der Waals surface area contributed by atoms with E-state index in [1.54, 1.807) is 0 Å². The number of esters is 1. The number of ether oxygens (including phenoxy) is 1. The third-order valence-corrected chi connectivity index (χ3v) is 5.25. The van der Waals surface area contributed by atoms with Crippen molar-refractivity contribution in [1.82, 2.24) is 10.2 Å². The number of aromatic nitrogens is 2. The molecule has 2 N–H and O–H groups in total. The molecule has 0 radical (unpaired) electrons. The number of fused-ring (bicyclic) bond motifs is 1. The van der Waals surface area contributed by atoms with Crippen LogP contribution in [-0.4, -0.2) is 22.8 Å². The van der Waals surface area contributed by atoms with Crippen LogP contribution in [0.4, 0.5) is 5.82 Å². The Bertz CT molecular complexity index is 769. The van der Waals surface area contributed by atoms with Crippen LogP contribution in [0.15, 0.2) is 35.1 Å². The van der Waals surface area contributed by atoms with Crippen LogP contribution in [0.1, 0.15) is 43.4 Å². The SMILES string of the molecule is C=C(C)[C@H]1CC=C([C@H]2C3=C(COC3=O)Nc3n[nH]c(C)c32)CC1. The monoisotopic (exact) mass is 311 g/mol. The largest absolute Gasteiger partial charge is 0.456 e. The second-order valence-electron chi connectivity index (χ2n) is 6.73. The van der Waals surface area contributed by atoms with E-state index in [0.717, 1.165) is 47.6 Å². The van der Waals surface area contributed by atoms with Crippen LogP contribution in [0.2, 0.25) is 0 Å². The highest BCUT2D eigenvalue weighted by Crippen LogP contribution is 2.47. The first-order valence-corrected chi connectivity index (χ1v) is 8.12. The molecule has 0 bridgehead atoms. The van der Waals surface area contributed by atoms with Gasteiger partial charge >= 0.3 is 5.97 Å². The lowest BCUT2D eigenvalue weighted by Crippen LogP contribution is -2.22. The van der Waals surface area contributed by atoms with Gasteiger partial charge < -0.3 is 10.1 Å². The molecule has 2 atom stereocenters. The van der Waals surface area contributed by atoms with Crippen molar-refractivity contribution in [3.8, 4) is 0 Å². The van der Waals surface area contributed by atoms with E-state index in [-0.39, 0.29) is 11.9 Å². The lowest BCUT2D eigenvalue weighted by atomic mass is 9.75. The molecule has 0 spiro atoms. The van der Waals surface area contributed by atoms with Gasteiger partial charge in [-0.25, -0.2) is 4.79 Å². The average molecular weight is 311 g/mol. The second kappa shape index (κ2) is 5.11. The maximum absolute atomic E-state index is 12.3. The van der Waals surface area contributed by atoms with Gasteiger partial charge in [-0.2, -0.15) is 5.10 Å². The van der Waals surface area contributed by atoms with Crippen LogP contribution in [0.5, 0.6) is 0 Å². The number of rotatable bonds is 2. The van der Waals surface area contributed by atoms with Gasteiger partial charge in [-0.15, -0.1) is 0 Å². The molecular formula is C18H21N3O2. The van der Waals surface area contributed by atoms with Crippen molar-refractivity contribution in [3.63, 3.8) is 0 Å². The number of hydrogen-bond donors (Lipinski definition) is 2. The Balaban J connectivity index is 1.77. The molecule has 0 aromatic carbocycles. The molecule has 0 saturated heterocycles. The van der Waals surface area contributed by atoms with Gasteiger partial charge in [0.2, 0.25) is 0 Å². The zero-order chi connectivity index (χ0) is 16.1. The van der Waals surface area contributed by atoms with Gasteiger partial charge in [0.25, 0.3) is 0 Å². The first kappa shape index (κ1) is 14.3. The highest BCUT2D eigenvalue weighted by molar-refractivity contribution is 5.97. The van der Waals surface area contributed by atoms with Crippen LogP contribution >= 0.6 is 0 Å². The van der Waals surface area contributed by atoms with Crippen molar-refractivity contribution in [2.45, 2.75) is 39.0 Å². The van der Waals surface area contributed by atoms with Gasteiger partial charge in [0.15, 0.2) is 5.82 Å². The van der Waals surface area contributed by atoms with Crippen molar-refractivity contribution in [2.24, 2.45) is 5.92 Å². The summed E-state index contributed by atoms with van der Waals surface area (Å²) in [6, 6.07) is 0. The standard InChI is InChI=1S/C18H21N3O2/c1-9(2)11-4-6-12(7-5-11)15-14-10(3)20-21-17(14)19-13-8-23-18(22)16(13)15/h6,11,15H,1,4-5,7-8H2,2-3H3,(H2,19,20,21)/t11-,15+/m0/s1. The minimum atomic E-state index is -0.202. The molecule has 5 nitrogen and oxygen atoms in total. The van der Waals surface area contributed by atoms with Crippen LogP contribution in [-0.2, 0) is 9.53 Å². The van der Waals surface area contributed by atoms with Gasteiger partial charge in [-0.1, -0.05) is 23.8 Å². The molecule has 0 unspecified atom stereocenters. The molecule has 1 aromatic heterocycles. The van der Waals surface area contributed by atoms with E-state index in [9.17, 15) is 4.79 Å². The van der Waals surface area contributed by atoms with Crippen LogP contribution in [0.25, 0.3) is 0 Å². The van der Waals surface area contributed by atoms with Crippen molar-refractivity contribution in [1.29, 1.82) is 0 Å². The number of aryl methyl sites for hydroxylation is 1. The lowest BCUT2D eigenvalue weighted by Gasteiger charge is -2.30. The fraction of sp³-hybridized carbons (Fsp3) is 0.444. The maximum Gasteiger partial charge on any atom is 0.337 e. The van der Waals surface area contributed by atoms with Crippen LogP contribution < -0.4 is 5.32 Å². The fourth-order valence-corrected chi connectivity index (χ4v) is 3.92. The Morgan fingerprint density at radius 3 is 3.00 bits per heavy atom. The topological polar surface area (TPSA) is 67.0 Å². The Morgan fingerprint density at radius 2 is 2.30 bits per heavy atom. The molecule has 0 saturated carbocycles. The number of anilines is 1. The summed E-state index contributed by atoms with van der Waals surface area (Å²) in [4.78, 5) is 12.3. The molecule has 3 heterocycles. The number of hydrogen-bond acceptors (Lipinski definition) is 4. The van der Waals surface area contributed by atoms with Gasteiger partial charge in [0.1, 0.15) is 6.61 Å².